The van der Waals surface area contributed by atoms with E-state index in [0.717, 1.165) is 13.0 Å². The van der Waals surface area contributed by atoms with Gasteiger partial charge in [-0.15, -0.1) is 0 Å². The Bertz CT molecular complexity index is 107. The standard InChI is InChI=1S/C5H13N3O2/c1-2-3-7-5(6)4-8(9)10/h5,7H,2-4,6H2,1H3. The van der Waals surface area contributed by atoms with E-state index in [1.807, 2.05) is 6.92 Å². The maximum atomic E-state index is 9.86. The van der Waals surface area contributed by atoms with Crippen molar-refractivity contribution < 1.29 is 4.92 Å². The van der Waals surface area contributed by atoms with Gasteiger partial charge in [-0.3, -0.25) is 15.4 Å². The first-order chi connectivity index (χ1) is 4.66. The van der Waals surface area contributed by atoms with Gasteiger partial charge in [-0.2, -0.15) is 0 Å². The van der Waals surface area contributed by atoms with Gasteiger partial charge in [0.25, 0.3) is 0 Å². The van der Waals surface area contributed by atoms with E-state index in [1.54, 1.807) is 0 Å². The number of nitrogens with zero attached hydrogens (tertiary/aromatic N) is 1. The second-order valence-corrected chi connectivity index (χ2v) is 2.08. The van der Waals surface area contributed by atoms with Gasteiger partial charge in [0.05, 0.1) is 0 Å². The lowest BCUT2D eigenvalue weighted by Gasteiger charge is -2.06. The highest BCUT2D eigenvalue weighted by atomic mass is 16.6. The molecule has 0 saturated heterocycles. The van der Waals surface area contributed by atoms with Crippen molar-refractivity contribution in [3.8, 4) is 0 Å². The second kappa shape index (κ2) is 5.13. The first-order valence-electron chi connectivity index (χ1n) is 3.27. The molecule has 60 valence electrons. The van der Waals surface area contributed by atoms with E-state index < -0.39 is 11.1 Å². The van der Waals surface area contributed by atoms with Crippen LogP contribution >= 0.6 is 0 Å². The second-order valence-electron chi connectivity index (χ2n) is 2.08. The Morgan fingerprint density at radius 1 is 1.80 bits per heavy atom. The van der Waals surface area contributed by atoms with Gasteiger partial charge in [-0.1, -0.05) is 6.92 Å². The zero-order valence-electron chi connectivity index (χ0n) is 6.04. The van der Waals surface area contributed by atoms with Gasteiger partial charge in [0.15, 0.2) is 0 Å². The van der Waals surface area contributed by atoms with Gasteiger partial charge in [0.1, 0.15) is 6.17 Å². The molecule has 0 saturated carbocycles. The molecule has 0 aliphatic heterocycles. The predicted octanol–water partition coefficient (Wildman–Crippen LogP) is -0.452. The topological polar surface area (TPSA) is 81.2 Å². The quantitative estimate of drug-likeness (QED) is 0.313. The summed E-state index contributed by atoms with van der Waals surface area (Å²) in [5.74, 6) is 0. The normalized spacial score (nSPS) is 13.0. The lowest BCUT2D eigenvalue weighted by atomic mass is 10.4. The van der Waals surface area contributed by atoms with Crippen LogP contribution < -0.4 is 11.1 Å². The molecule has 0 rings (SSSR count). The molecule has 0 aliphatic carbocycles. The lowest BCUT2D eigenvalue weighted by molar-refractivity contribution is -0.483. The summed E-state index contributed by atoms with van der Waals surface area (Å²) in [6.07, 6.45) is 0.431. The van der Waals surface area contributed by atoms with Crippen LogP contribution in [-0.2, 0) is 0 Å². The molecule has 0 aromatic rings. The van der Waals surface area contributed by atoms with Crippen molar-refractivity contribution in [2.75, 3.05) is 13.1 Å². The highest BCUT2D eigenvalue weighted by molar-refractivity contribution is 4.54. The number of hydrogen-bond donors (Lipinski definition) is 2. The molecule has 0 aromatic carbocycles. The average Bonchev–Trinajstić information content (AvgIpc) is 1.82. The van der Waals surface area contributed by atoms with Crippen LogP contribution in [0.2, 0.25) is 0 Å². The predicted molar refractivity (Wildman–Crippen MR) is 38.1 cm³/mol. The molecular weight excluding hydrogens is 134 g/mol. The molecule has 0 aromatic heterocycles. The number of hydrogen-bond acceptors (Lipinski definition) is 4. The fraction of sp³-hybridized carbons (Fsp3) is 1.00. The van der Waals surface area contributed by atoms with Crippen LogP contribution in [0.3, 0.4) is 0 Å². The summed E-state index contributed by atoms with van der Waals surface area (Å²) >= 11 is 0. The molecule has 1 atom stereocenters. The number of nitro groups is 1. The zero-order valence-corrected chi connectivity index (χ0v) is 6.04. The molecule has 5 nitrogen and oxygen atoms in total. The maximum Gasteiger partial charge on any atom is 0.231 e. The van der Waals surface area contributed by atoms with Gasteiger partial charge in [-0.25, -0.2) is 0 Å². The molecule has 0 heterocycles. The number of rotatable bonds is 5. The minimum Gasteiger partial charge on any atom is -0.310 e. The molecule has 0 bridgehead atoms. The third-order valence-electron chi connectivity index (χ3n) is 1.00. The van der Waals surface area contributed by atoms with Crippen LogP contribution in [0, 0.1) is 10.1 Å². The smallest absolute Gasteiger partial charge is 0.231 e. The van der Waals surface area contributed by atoms with Gasteiger partial charge < -0.3 is 5.73 Å². The molecule has 0 spiro atoms. The lowest BCUT2D eigenvalue weighted by Crippen LogP contribution is -2.43. The largest absolute Gasteiger partial charge is 0.310 e. The van der Waals surface area contributed by atoms with E-state index in [1.165, 1.54) is 0 Å². The van der Waals surface area contributed by atoms with E-state index in [0.29, 0.717) is 0 Å². The summed E-state index contributed by atoms with van der Waals surface area (Å²) in [5, 5.41) is 12.7. The molecule has 0 fully saturated rings. The highest BCUT2D eigenvalue weighted by Crippen LogP contribution is 1.76. The summed E-state index contributed by atoms with van der Waals surface area (Å²) in [5.41, 5.74) is 5.31. The Hall–Kier alpha value is -0.680. The van der Waals surface area contributed by atoms with Crippen LogP contribution in [0.5, 0.6) is 0 Å². The van der Waals surface area contributed by atoms with Crippen molar-refractivity contribution in [1.29, 1.82) is 0 Å². The van der Waals surface area contributed by atoms with E-state index in [-0.39, 0.29) is 6.54 Å². The molecular formula is C5H13N3O2. The molecule has 0 radical (unpaired) electrons. The molecule has 10 heavy (non-hydrogen) atoms. The van der Waals surface area contributed by atoms with Crippen LogP contribution in [-0.4, -0.2) is 24.2 Å². The summed E-state index contributed by atoms with van der Waals surface area (Å²) in [4.78, 5) is 9.44. The number of nitrogens with two attached hydrogens (primary N) is 1. The zero-order chi connectivity index (χ0) is 7.98. The third kappa shape index (κ3) is 5.46. The first kappa shape index (κ1) is 9.32. The maximum absolute atomic E-state index is 9.86. The Morgan fingerprint density at radius 2 is 2.40 bits per heavy atom. The summed E-state index contributed by atoms with van der Waals surface area (Å²) in [7, 11) is 0. The van der Waals surface area contributed by atoms with Crippen molar-refractivity contribution >= 4 is 0 Å². The van der Waals surface area contributed by atoms with Gasteiger partial charge >= 0.3 is 0 Å². The Labute approximate surface area is 59.7 Å². The summed E-state index contributed by atoms with van der Waals surface area (Å²) in [6.45, 7) is 2.50. The number of nitrogens with one attached hydrogen (secondary N) is 1. The molecule has 1 unspecified atom stereocenters. The fourth-order valence-electron chi connectivity index (χ4n) is 0.555. The van der Waals surface area contributed by atoms with Crippen LogP contribution in [0.4, 0.5) is 0 Å². The van der Waals surface area contributed by atoms with Gasteiger partial charge in [0, 0.05) is 4.92 Å². The van der Waals surface area contributed by atoms with Crippen molar-refractivity contribution in [3.63, 3.8) is 0 Å². The van der Waals surface area contributed by atoms with E-state index in [2.05, 4.69) is 5.32 Å². The molecule has 0 aliphatic rings. The SMILES string of the molecule is CCCNC(N)C[N+](=O)[O-]. The minimum absolute atomic E-state index is 0.208. The minimum atomic E-state index is -0.505. The Kier molecular flexibility index (Phi) is 4.78. The van der Waals surface area contributed by atoms with Gasteiger partial charge in [0.2, 0.25) is 6.54 Å². The molecule has 0 amide bonds. The van der Waals surface area contributed by atoms with E-state index >= 15 is 0 Å². The van der Waals surface area contributed by atoms with Crippen molar-refractivity contribution in [2.45, 2.75) is 19.5 Å². The monoisotopic (exact) mass is 147 g/mol. The van der Waals surface area contributed by atoms with Crippen molar-refractivity contribution in [2.24, 2.45) is 5.73 Å². The van der Waals surface area contributed by atoms with Gasteiger partial charge in [-0.05, 0) is 13.0 Å². The molecule has 3 N–H and O–H groups in total. The van der Waals surface area contributed by atoms with E-state index in [9.17, 15) is 10.1 Å². The van der Waals surface area contributed by atoms with Crippen LogP contribution in [0.15, 0.2) is 0 Å². The third-order valence-corrected chi connectivity index (χ3v) is 1.00. The Morgan fingerprint density at radius 3 is 2.80 bits per heavy atom. The first-order valence-corrected chi connectivity index (χ1v) is 3.27. The van der Waals surface area contributed by atoms with Crippen molar-refractivity contribution in [3.05, 3.63) is 10.1 Å². The van der Waals surface area contributed by atoms with Crippen LogP contribution in [0.1, 0.15) is 13.3 Å². The summed E-state index contributed by atoms with van der Waals surface area (Å²) < 4.78 is 0. The van der Waals surface area contributed by atoms with Crippen molar-refractivity contribution in [1.82, 2.24) is 5.32 Å². The van der Waals surface area contributed by atoms with Crippen LogP contribution in [0.25, 0.3) is 0 Å². The fourth-order valence-corrected chi connectivity index (χ4v) is 0.555. The average molecular weight is 147 g/mol. The molecule has 5 heteroatoms. The van der Waals surface area contributed by atoms with E-state index in [4.69, 9.17) is 5.73 Å². The highest BCUT2D eigenvalue weighted by Gasteiger charge is 2.06. The Balaban J connectivity index is 3.25. The summed E-state index contributed by atoms with van der Waals surface area (Å²) in [6, 6.07) is 0.